The maximum Gasteiger partial charge on any atom is 0.193 e. The summed E-state index contributed by atoms with van der Waals surface area (Å²) in [6.07, 6.45) is 1.46. The zero-order chi connectivity index (χ0) is 16.6. The van der Waals surface area contributed by atoms with Crippen LogP contribution in [0.2, 0.25) is 0 Å². The van der Waals surface area contributed by atoms with E-state index in [0.29, 0.717) is 39.8 Å². The quantitative estimate of drug-likeness (QED) is 0.763. The van der Waals surface area contributed by atoms with Gasteiger partial charge >= 0.3 is 0 Å². The van der Waals surface area contributed by atoms with Gasteiger partial charge in [0.1, 0.15) is 22.8 Å². The summed E-state index contributed by atoms with van der Waals surface area (Å²) in [6, 6.07) is 9.61. The Morgan fingerprint density at radius 2 is 1.78 bits per heavy atom. The van der Waals surface area contributed by atoms with Crippen molar-refractivity contribution in [1.82, 2.24) is 0 Å². The van der Waals surface area contributed by atoms with E-state index in [4.69, 9.17) is 4.42 Å². The third kappa shape index (κ3) is 2.68. The minimum atomic E-state index is -0.149. The molecular weight excluding hydrogens is 292 g/mol. The number of fused-ring (bicyclic) bond motifs is 1. The molecule has 0 unspecified atom stereocenters. The van der Waals surface area contributed by atoms with Crippen LogP contribution in [0, 0.1) is 6.92 Å². The normalized spacial score (nSPS) is 11.0. The number of hydrogen-bond donors (Lipinski definition) is 2. The second-order valence-electron chi connectivity index (χ2n) is 5.67. The lowest BCUT2D eigenvalue weighted by atomic mass is 10.0. The molecule has 0 spiro atoms. The monoisotopic (exact) mass is 310 g/mol. The lowest BCUT2D eigenvalue weighted by Crippen LogP contribution is -2.02. The molecule has 4 heteroatoms. The van der Waals surface area contributed by atoms with Gasteiger partial charge in [-0.1, -0.05) is 13.3 Å². The molecule has 0 saturated heterocycles. The first kappa shape index (κ1) is 15.2. The van der Waals surface area contributed by atoms with Gasteiger partial charge in [0.05, 0.1) is 5.39 Å². The Labute approximate surface area is 133 Å². The molecule has 0 aliphatic rings. The fraction of sp³-hybridized carbons (Fsp3) is 0.211. The second kappa shape index (κ2) is 5.80. The van der Waals surface area contributed by atoms with Crippen LogP contribution in [0.4, 0.5) is 0 Å². The Morgan fingerprint density at radius 3 is 2.48 bits per heavy atom. The Bertz CT molecular complexity index is 938. The van der Waals surface area contributed by atoms with Crippen LogP contribution in [0.15, 0.2) is 45.6 Å². The number of hydrogen-bond acceptors (Lipinski definition) is 4. The van der Waals surface area contributed by atoms with Crippen molar-refractivity contribution in [3.63, 3.8) is 0 Å². The SMILES string of the molecule is CCCc1c(O)ccc2c(=O)cc(-c3ccc(O)c(C)c3)oc12. The van der Waals surface area contributed by atoms with Crippen LogP contribution in [0.1, 0.15) is 24.5 Å². The lowest BCUT2D eigenvalue weighted by Gasteiger charge is -2.09. The van der Waals surface area contributed by atoms with Gasteiger partial charge in [0.15, 0.2) is 5.43 Å². The van der Waals surface area contributed by atoms with Crippen LogP contribution in [0.5, 0.6) is 11.5 Å². The standard InChI is InChI=1S/C19H18O4/c1-3-4-13-16(21)8-6-14-17(22)10-18(23-19(13)14)12-5-7-15(20)11(2)9-12/h5-10,20-21H,3-4H2,1-2H3. The molecule has 23 heavy (non-hydrogen) atoms. The van der Waals surface area contributed by atoms with Gasteiger partial charge in [-0.25, -0.2) is 0 Å². The van der Waals surface area contributed by atoms with Gasteiger partial charge in [0, 0.05) is 17.2 Å². The van der Waals surface area contributed by atoms with Gasteiger partial charge in [0.2, 0.25) is 0 Å². The van der Waals surface area contributed by atoms with E-state index in [2.05, 4.69) is 0 Å². The van der Waals surface area contributed by atoms with Crippen LogP contribution >= 0.6 is 0 Å². The third-order valence-corrected chi connectivity index (χ3v) is 3.96. The molecule has 118 valence electrons. The van der Waals surface area contributed by atoms with Crippen molar-refractivity contribution in [2.24, 2.45) is 0 Å². The molecule has 0 bridgehead atoms. The van der Waals surface area contributed by atoms with E-state index in [1.807, 2.05) is 6.92 Å². The zero-order valence-corrected chi connectivity index (χ0v) is 13.1. The molecule has 0 aliphatic heterocycles. The maximum absolute atomic E-state index is 12.4. The molecule has 0 aliphatic carbocycles. The fourth-order valence-electron chi connectivity index (χ4n) is 2.71. The number of phenolic OH excluding ortho intramolecular Hbond substituents is 2. The Kier molecular flexibility index (Phi) is 3.82. The van der Waals surface area contributed by atoms with E-state index in [1.54, 1.807) is 31.2 Å². The summed E-state index contributed by atoms with van der Waals surface area (Å²) < 4.78 is 5.95. The smallest absolute Gasteiger partial charge is 0.193 e. The average molecular weight is 310 g/mol. The van der Waals surface area contributed by atoms with Crippen molar-refractivity contribution < 1.29 is 14.6 Å². The van der Waals surface area contributed by atoms with Gasteiger partial charge in [-0.3, -0.25) is 4.79 Å². The zero-order valence-electron chi connectivity index (χ0n) is 13.1. The highest BCUT2D eigenvalue weighted by Gasteiger charge is 2.14. The first-order chi connectivity index (χ1) is 11.0. The van der Waals surface area contributed by atoms with E-state index >= 15 is 0 Å². The van der Waals surface area contributed by atoms with Crippen LogP contribution in [0.25, 0.3) is 22.3 Å². The van der Waals surface area contributed by atoms with Crippen molar-refractivity contribution in [3.05, 3.63) is 57.7 Å². The average Bonchev–Trinajstić information content (AvgIpc) is 2.52. The molecule has 3 rings (SSSR count). The summed E-state index contributed by atoms with van der Waals surface area (Å²) >= 11 is 0. The molecule has 0 atom stereocenters. The number of aryl methyl sites for hydroxylation is 2. The number of rotatable bonds is 3. The van der Waals surface area contributed by atoms with Crippen LogP contribution in [0.3, 0.4) is 0 Å². The number of aromatic hydroxyl groups is 2. The highest BCUT2D eigenvalue weighted by atomic mass is 16.3. The van der Waals surface area contributed by atoms with E-state index in [-0.39, 0.29) is 16.9 Å². The molecule has 0 radical (unpaired) electrons. The van der Waals surface area contributed by atoms with E-state index in [9.17, 15) is 15.0 Å². The van der Waals surface area contributed by atoms with E-state index in [0.717, 1.165) is 6.42 Å². The van der Waals surface area contributed by atoms with Crippen molar-refractivity contribution >= 4 is 11.0 Å². The molecule has 3 aromatic rings. The highest BCUT2D eigenvalue weighted by Crippen LogP contribution is 2.31. The maximum atomic E-state index is 12.4. The first-order valence-corrected chi connectivity index (χ1v) is 7.60. The molecule has 2 aromatic carbocycles. The predicted molar refractivity (Wildman–Crippen MR) is 90.0 cm³/mol. The molecule has 0 fully saturated rings. The minimum absolute atomic E-state index is 0.140. The third-order valence-electron chi connectivity index (χ3n) is 3.96. The first-order valence-electron chi connectivity index (χ1n) is 7.60. The van der Waals surface area contributed by atoms with Crippen molar-refractivity contribution in [1.29, 1.82) is 0 Å². The Morgan fingerprint density at radius 1 is 1.04 bits per heavy atom. The van der Waals surface area contributed by atoms with E-state index < -0.39 is 0 Å². The lowest BCUT2D eigenvalue weighted by molar-refractivity contribution is 0.466. The van der Waals surface area contributed by atoms with E-state index in [1.165, 1.54) is 12.1 Å². The van der Waals surface area contributed by atoms with Crippen LogP contribution in [-0.4, -0.2) is 10.2 Å². The molecular formula is C19H18O4. The molecule has 0 saturated carbocycles. The summed E-state index contributed by atoms with van der Waals surface area (Å²) in [7, 11) is 0. The van der Waals surface area contributed by atoms with Gasteiger partial charge in [-0.05, 0) is 49.2 Å². The van der Waals surface area contributed by atoms with Gasteiger partial charge in [0.25, 0.3) is 0 Å². The summed E-state index contributed by atoms with van der Waals surface area (Å²) in [6.45, 7) is 3.79. The van der Waals surface area contributed by atoms with Crippen LogP contribution in [-0.2, 0) is 6.42 Å². The largest absolute Gasteiger partial charge is 0.508 e. The molecule has 2 N–H and O–H groups in total. The summed E-state index contributed by atoms with van der Waals surface area (Å²) in [5.41, 5.74) is 2.35. The molecule has 4 nitrogen and oxygen atoms in total. The molecule has 1 heterocycles. The Hall–Kier alpha value is -2.75. The summed E-state index contributed by atoms with van der Waals surface area (Å²) in [5.74, 6) is 0.760. The molecule has 1 aromatic heterocycles. The minimum Gasteiger partial charge on any atom is -0.508 e. The fourth-order valence-corrected chi connectivity index (χ4v) is 2.71. The van der Waals surface area contributed by atoms with Gasteiger partial charge < -0.3 is 14.6 Å². The number of benzene rings is 2. The topological polar surface area (TPSA) is 70.7 Å². The van der Waals surface area contributed by atoms with Crippen LogP contribution < -0.4 is 5.43 Å². The highest BCUT2D eigenvalue weighted by molar-refractivity contribution is 5.83. The number of phenols is 2. The van der Waals surface area contributed by atoms with Crippen molar-refractivity contribution in [2.45, 2.75) is 26.7 Å². The van der Waals surface area contributed by atoms with Gasteiger partial charge in [-0.2, -0.15) is 0 Å². The summed E-state index contributed by atoms with van der Waals surface area (Å²) in [4.78, 5) is 12.4. The molecule has 0 amide bonds. The second-order valence-corrected chi connectivity index (χ2v) is 5.67. The predicted octanol–water partition coefficient (Wildman–Crippen LogP) is 4.13. The van der Waals surface area contributed by atoms with Crippen molar-refractivity contribution in [3.8, 4) is 22.8 Å². The van der Waals surface area contributed by atoms with Gasteiger partial charge in [-0.15, -0.1) is 0 Å². The summed E-state index contributed by atoms with van der Waals surface area (Å²) in [5, 5.41) is 20.2. The van der Waals surface area contributed by atoms with Crippen molar-refractivity contribution in [2.75, 3.05) is 0 Å². The Balaban J connectivity index is 2.29.